The number of benzene rings is 1. The lowest BCUT2D eigenvalue weighted by molar-refractivity contribution is -0.143. The molecule has 2 rings (SSSR count). The summed E-state index contributed by atoms with van der Waals surface area (Å²) in [4.78, 5) is 36.5. The summed E-state index contributed by atoms with van der Waals surface area (Å²) in [5.41, 5.74) is 1.15. The summed E-state index contributed by atoms with van der Waals surface area (Å²) in [6.45, 7) is 3.47. The first-order valence-electron chi connectivity index (χ1n) is 9.27. The SMILES string of the molecule is CCOC(=O)C1=C(COC(=O)Cc2ccc(OC)c(OC)c2)NC(=O)N[C@@H]1CC. The van der Waals surface area contributed by atoms with Gasteiger partial charge in [0.15, 0.2) is 11.5 Å². The molecule has 1 aromatic carbocycles. The van der Waals surface area contributed by atoms with Gasteiger partial charge in [-0.3, -0.25) is 4.79 Å². The highest BCUT2D eigenvalue weighted by Gasteiger charge is 2.32. The normalized spacial score (nSPS) is 15.9. The van der Waals surface area contributed by atoms with E-state index in [-0.39, 0.29) is 30.9 Å². The molecule has 0 fully saturated rings. The van der Waals surface area contributed by atoms with E-state index in [1.807, 2.05) is 6.92 Å². The van der Waals surface area contributed by atoms with Crippen molar-refractivity contribution in [2.45, 2.75) is 32.7 Å². The average molecular weight is 406 g/mol. The molecule has 9 nitrogen and oxygen atoms in total. The molecule has 1 atom stereocenters. The molecule has 2 amide bonds. The van der Waals surface area contributed by atoms with Gasteiger partial charge in [0.05, 0.1) is 44.6 Å². The number of carbonyl (C=O) groups is 3. The number of urea groups is 1. The fraction of sp³-hybridized carbons (Fsp3) is 0.450. The molecular weight excluding hydrogens is 380 g/mol. The van der Waals surface area contributed by atoms with Crippen LogP contribution in [0.25, 0.3) is 0 Å². The van der Waals surface area contributed by atoms with Gasteiger partial charge in [0.2, 0.25) is 0 Å². The van der Waals surface area contributed by atoms with Crippen molar-refractivity contribution in [1.29, 1.82) is 0 Å². The smallest absolute Gasteiger partial charge is 0.338 e. The van der Waals surface area contributed by atoms with Crippen LogP contribution in [0.1, 0.15) is 25.8 Å². The Balaban J connectivity index is 2.11. The van der Waals surface area contributed by atoms with Gasteiger partial charge in [-0.25, -0.2) is 9.59 Å². The lowest BCUT2D eigenvalue weighted by Crippen LogP contribution is -2.51. The zero-order chi connectivity index (χ0) is 21.4. The van der Waals surface area contributed by atoms with E-state index in [4.69, 9.17) is 18.9 Å². The molecule has 0 unspecified atom stereocenters. The Hall–Kier alpha value is -3.23. The van der Waals surface area contributed by atoms with E-state index in [0.29, 0.717) is 23.5 Å². The van der Waals surface area contributed by atoms with Crippen molar-refractivity contribution in [3.63, 3.8) is 0 Å². The first-order chi connectivity index (χ1) is 13.9. The minimum Gasteiger partial charge on any atom is -0.493 e. The Morgan fingerprint density at radius 3 is 2.41 bits per heavy atom. The van der Waals surface area contributed by atoms with E-state index < -0.39 is 24.0 Å². The van der Waals surface area contributed by atoms with Gasteiger partial charge in [-0.15, -0.1) is 0 Å². The molecule has 1 aliphatic rings. The average Bonchev–Trinajstić information content (AvgIpc) is 2.71. The summed E-state index contributed by atoms with van der Waals surface area (Å²) >= 11 is 0. The number of carbonyl (C=O) groups excluding carboxylic acids is 3. The molecule has 2 N–H and O–H groups in total. The zero-order valence-electron chi connectivity index (χ0n) is 17.0. The second kappa shape index (κ2) is 10.4. The monoisotopic (exact) mass is 406 g/mol. The Kier molecular flexibility index (Phi) is 7.88. The maximum absolute atomic E-state index is 12.3. The highest BCUT2D eigenvalue weighted by Crippen LogP contribution is 2.27. The number of hydrogen-bond donors (Lipinski definition) is 2. The van der Waals surface area contributed by atoms with Crippen LogP contribution in [-0.4, -0.2) is 51.4 Å². The highest BCUT2D eigenvalue weighted by atomic mass is 16.5. The van der Waals surface area contributed by atoms with Crippen LogP contribution in [-0.2, 0) is 25.5 Å². The zero-order valence-corrected chi connectivity index (χ0v) is 17.0. The molecule has 0 spiro atoms. The van der Waals surface area contributed by atoms with Crippen LogP contribution < -0.4 is 20.1 Å². The van der Waals surface area contributed by atoms with Crippen LogP contribution >= 0.6 is 0 Å². The summed E-state index contributed by atoms with van der Waals surface area (Å²) in [5, 5.41) is 5.20. The van der Waals surface area contributed by atoms with Crippen molar-refractivity contribution in [2.24, 2.45) is 0 Å². The molecular formula is C20H26N2O7. The third-order valence-electron chi connectivity index (χ3n) is 4.32. The van der Waals surface area contributed by atoms with Gasteiger partial charge in [0, 0.05) is 0 Å². The lowest BCUT2D eigenvalue weighted by Gasteiger charge is -2.28. The third kappa shape index (κ3) is 5.63. The van der Waals surface area contributed by atoms with Crippen LogP contribution in [0.15, 0.2) is 29.5 Å². The minimum atomic E-state index is -0.558. The van der Waals surface area contributed by atoms with Crippen LogP contribution in [0.3, 0.4) is 0 Å². The molecule has 0 bridgehead atoms. The van der Waals surface area contributed by atoms with Crippen molar-refractivity contribution in [2.75, 3.05) is 27.4 Å². The van der Waals surface area contributed by atoms with Gasteiger partial charge < -0.3 is 29.6 Å². The van der Waals surface area contributed by atoms with Crippen molar-refractivity contribution < 1.29 is 33.3 Å². The van der Waals surface area contributed by atoms with E-state index >= 15 is 0 Å². The molecule has 0 radical (unpaired) electrons. The second-order valence-electron chi connectivity index (χ2n) is 6.20. The second-order valence-corrected chi connectivity index (χ2v) is 6.20. The molecule has 0 aliphatic carbocycles. The summed E-state index contributed by atoms with van der Waals surface area (Å²) in [6.07, 6.45) is 0.483. The fourth-order valence-corrected chi connectivity index (χ4v) is 2.94. The number of esters is 2. The van der Waals surface area contributed by atoms with E-state index in [2.05, 4.69) is 10.6 Å². The minimum absolute atomic E-state index is 0.00816. The predicted molar refractivity (Wildman–Crippen MR) is 104 cm³/mol. The van der Waals surface area contributed by atoms with Gasteiger partial charge in [0.1, 0.15) is 6.61 Å². The fourth-order valence-electron chi connectivity index (χ4n) is 2.94. The summed E-state index contributed by atoms with van der Waals surface area (Å²) in [6, 6.07) is 4.13. The predicted octanol–water partition coefficient (Wildman–Crippen LogP) is 1.70. The van der Waals surface area contributed by atoms with Crippen LogP contribution in [0.4, 0.5) is 4.79 Å². The van der Waals surface area contributed by atoms with Crippen LogP contribution in [0.2, 0.25) is 0 Å². The van der Waals surface area contributed by atoms with Gasteiger partial charge >= 0.3 is 18.0 Å². The van der Waals surface area contributed by atoms with Gasteiger partial charge in [-0.2, -0.15) is 0 Å². The molecule has 1 aromatic rings. The van der Waals surface area contributed by atoms with Crippen molar-refractivity contribution >= 4 is 18.0 Å². The lowest BCUT2D eigenvalue weighted by atomic mass is 10.0. The Morgan fingerprint density at radius 1 is 1.07 bits per heavy atom. The van der Waals surface area contributed by atoms with E-state index in [9.17, 15) is 14.4 Å². The maximum Gasteiger partial charge on any atom is 0.338 e. The van der Waals surface area contributed by atoms with Crippen LogP contribution in [0.5, 0.6) is 11.5 Å². The van der Waals surface area contributed by atoms with Gasteiger partial charge in [-0.1, -0.05) is 13.0 Å². The molecule has 1 aliphatic heterocycles. The molecule has 29 heavy (non-hydrogen) atoms. The van der Waals surface area contributed by atoms with Crippen molar-refractivity contribution in [1.82, 2.24) is 10.6 Å². The number of amides is 2. The largest absolute Gasteiger partial charge is 0.493 e. The van der Waals surface area contributed by atoms with Crippen molar-refractivity contribution in [3.05, 3.63) is 35.0 Å². The maximum atomic E-state index is 12.3. The molecule has 0 aromatic heterocycles. The first-order valence-corrected chi connectivity index (χ1v) is 9.27. The molecule has 0 saturated heterocycles. The quantitative estimate of drug-likeness (QED) is 0.600. The Labute approximate surface area is 169 Å². The highest BCUT2D eigenvalue weighted by molar-refractivity contribution is 5.94. The van der Waals surface area contributed by atoms with Gasteiger partial charge in [-0.05, 0) is 31.0 Å². The summed E-state index contributed by atoms with van der Waals surface area (Å²) in [5.74, 6) is -0.0232. The standard InChI is InChI=1S/C20H26N2O7/c1-5-13-18(19(24)28-6-2)14(22-20(25)21-13)11-29-17(23)10-12-7-8-15(26-3)16(9-12)27-4/h7-9,13H,5-6,10-11H2,1-4H3,(H2,21,22,25)/t13-/m1/s1. The van der Waals surface area contributed by atoms with Crippen LogP contribution in [0, 0.1) is 0 Å². The number of nitrogens with one attached hydrogen (secondary N) is 2. The third-order valence-corrected chi connectivity index (χ3v) is 4.32. The summed E-state index contributed by atoms with van der Waals surface area (Å²) in [7, 11) is 3.03. The van der Waals surface area contributed by atoms with Crippen molar-refractivity contribution in [3.8, 4) is 11.5 Å². The Bertz CT molecular complexity index is 804. The first kappa shape index (κ1) is 22.1. The molecule has 0 saturated carbocycles. The van der Waals surface area contributed by atoms with E-state index in [1.54, 1.807) is 25.1 Å². The van der Waals surface area contributed by atoms with E-state index in [0.717, 1.165) is 0 Å². The number of methoxy groups -OCH3 is 2. The Morgan fingerprint density at radius 2 is 1.79 bits per heavy atom. The number of ether oxygens (including phenoxy) is 4. The molecule has 9 heteroatoms. The van der Waals surface area contributed by atoms with Gasteiger partial charge in [0.25, 0.3) is 0 Å². The molecule has 158 valence electrons. The number of rotatable bonds is 9. The molecule has 1 heterocycles. The number of hydrogen-bond acceptors (Lipinski definition) is 7. The summed E-state index contributed by atoms with van der Waals surface area (Å²) < 4.78 is 20.8. The van der Waals surface area contributed by atoms with E-state index in [1.165, 1.54) is 14.2 Å². The topological polar surface area (TPSA) is 112 Å².